The van der Waals surface area contributed by atoms with Crippen LogP contribution in [0.15, 0.2) is 58.8 Å². The molecule has 0 unspecified atom stereocenters. The van der Waals surface area contributed by atoms with Crippen LogP contribution in [0.4, 0.5) is 5.69 Å². The zero-order valence-electron chi connectivity index (χ0n) is 15.1. The fraction of sp³-hybridized carbons (Fsp3) is 0.143. The summed E-state index contributed by atoms with van der Waals surface area (Å²) < 4.78 is 29.1. The SMILES string of the molecule is N#Cc1ccc(-c2cccs2)c(NS(=O)(=O)c2cc(C(=O)O)ccc2C2CC2)c1. The standard InChI is InChI=1S/C21H16N2O4S2/c22-12-13-3-7-17(19-2-1-9-28-19)18(10-13)23-29(26,27)20-11-15(21(24)25)6-8-16(20)14-4-5-14/h1-3,6-11,14,23H,4-5H2,(H,24,25). The predicted octanol–water partition coefficient (Wildman–Crippen LogP) is 4.66. The third-order valence-corrected chi connectivity index (χ3v) is 7.07. The van der Waals surface area contributed by atoms with Gasteiger partial charge in [-0.1, -0.05) is 18.2 Å². The minimum Gasteiger partial charge on any atom is -0.478 e. The molecule has 1 aliphatic rings. The van der Waals surface area contributed by atoms with Gasteiger partial charge >= 0.3 is 5.97 Å². The van der Waals surface area contributed by atoms with Gasteiger partial charge in [0.25, 0.3) is 10.0 Å². The van der Waals surface area contributed by atoms with Crippen LogP contribution >= 0.6 is 11.3 Å². The third-order valence-electron chi connectivity index (χ3n) is 4.75. The lowest BCUT2D eigenvalue weighted by molar-refractivity contribution is 0.0696. The number of carboxylic acids is 1. The molecule has 1 fully saturated rings. The summed E-state index contributed by atoms with van der Waals surface area (Å²) in [7, 11) is -4.06. The van der Waals surface area contributed by atoms with Crippen molar-refractivity contribution in [2.45, 2.75) is 23.7 Å². The number of aromatic carboxylic acids is 1. The Morgan fingerprint density at radius 2 is 1.97 bits per heavy atom. The highest BCUT2D eigenvalue weighted by molar-refractivity contribution is 7.92. The first-order chi connectivity index (χ1) is 13.9. The van der Waals surface area contributed by atoms with Gasteiger partial charge in [0.05, 0.1) is 27.8 Å². The first-order valence-electron chi connectivity index (χ1n) is 8.87. The summed E-state index contributed by atoms with van der Waals surface area (Å²) in [6.07, 6.45) is 1.75. The molecule has 0 aliphatic heterocycles. The quantitative estimate of drug-likeness (QED) is 0.598. The number of anilines is 1. The van der Waals surface area contributed by atoms with Crippen molar-refractivity contribution >= 4 is 33.0 Å². The molecule has 1 saturated carbocycles. The fourth-order valence-corrected chi connectivity index (χ4v) is 5.34. The second kappa shape index (κ2) is 7.35. The number of nitrogens with one attached hydrogen (secondary N) is 1. The van der Waals surface area contributed by atoms with Crippen molar-refractivity contribution in [1.82, 2.24) is 0 Å². The zero-order chi connectivity index (χ0) is 20.6. The van der Waals surface area contributed by atoms with Gasteiger partial charge in [0.1, 0.15) is 0 Å². The van der Waals surface area contributed by atoms with E-state index < -0.39 is 16.0 Å². The Balaban J connectivity index is 1.82. The maximum atomic E-state index is 13.3. The molecule has 1 heterocycles. The monoisotopic (exact) mass is 424 g/mol. The molecule has 0 spiro atoms. The summed E-state index contributed by atoms with van der Waals surface area (Å²) in [6.45, 7) is 0. The molecule has 2 N–H and O–H groups in total. The summed E-state index contributed by atoms with van der Waals surface area (Å²) in [6, 6.07) is 14.8. The van der Waals surface area contributed by atoms with Crippen LogP contribution in [-0.4, -0.2) is 19.5 Å². The van der Waals surface area contributed by atoms with Crippen LogP contribution in [0.1, 0.15) is 40.2 Å². The van der Waals surface area contributed by atoms with Crippen molar-refractivity contribution in [2.24, 2.45) is 0 Å². The lowest BCUT2D eigenvalue weighted by atomic mass is 10.1. The summed E-state index contributed by atoms with van der Waals surface area (Å²) >= 11 is 1.45. The van der Waals surface area contributed by atoms with Crippen molar-refractivity contribution in [3.8, 4) is 16.5 Å². The van der Waals surface area contributed by atoms with Gasteiger partial charge in [-0.3, -0.25) is 4.72 Å². The van der Waals surface area contributed by atoms with E-state index in [1.807, 2.05) is 23.6 Å². The van der Waals surface area contributed by atoms with Gasteiger partial charge in [-0.05, 0) is 60.0 Å². The maximum absolute atomic E-state index is 13.3. The van der Waals surface area contributed by atoms with Gasteiger partial charge in [-0.2, -0.15) is 5.26 Å². The lowest BCUT2D eigenvalue weighted by Gasteiger charge is -2.15. The molecule has 1 aromatic heterocycles. The van der Waals surface area contributed by atoms with E-state index in [1.54, 1.807) is 18.2 Å². The number of rotatable bonds is 6. The van der Waals surface area contributed by atoms with Crippen LogP contribution in [0.5, 0.6) is 0 Å². The number of hydrogen-bond donors (Lipinski definition) is 2. The number of nitrogens with zero attached hydrogens (tertiary/aromatic N) is 1. The summed E-state index contributed by atoms with van der Waals surface area (Å²) in [5.74, 6) is -1.07. The van der Waals surface area contributed by atoms with E-state index in [4.69, 9.17) is 0 Å². The van der Waals surface area contributed by atoms with Gasteiger partial charge in [-0.15, -0.1) is 11.3 Å². The lowest BCUT2D eigenvalue weighted by Crippen LogP contribution is -2.16. The Morgan fingerprint density at radius 3 is 2.59 bits per heavy atom. The highest BCUT2D eigenvalue weighted by Crippen LogP contribution is 2.43. The van der Waals surface area contributed by atoms with Gasteiger partial charge in [0.2, 0.25) is 0 Å². The molecule has 0 saturated heterocycles. The minimum absolute atomic E-state index is 0.0283. The van der Waals surface area contributed by atoms with E-state index in [9.17, 15) is 23.6 Å². The summed E-state index contributed by atoms with van der Waals surface area (Å²) in [5, 5.41) is 20.4. The molecule has 3 aromatic rings. The number of nitriles is 1. The average molecular weight is 425 g/mol. The van der Waals surface area contributed by atoms with E-state index in [1.165, 1.54) is 29.5 Å². The Labute approximate surface area is 172 Å². The Morgan fingerprint density at radius 1 is 1.17 bits per heavy atom. The number of carboxylic acid groups (broad SMARTS) is 1. The Bertz CT molecular complexity index is 1240. The minimum atomic E-state index is -4.06. The highest BCUT2D eigenvalue weighted by atomic mass is 32.2. The molecule has 4 rings (SSSR count). The smallest absolute Gasteiger partial charge is 0.335 e. The van der Waals surface area contributed by atoms with Crippen LogP contribution in [0.25, 0.3) is 10.4 Å². The van der Waals surface area contributed by atoms with E-state index in [0.717, 1.165) is 17.7 Å². The number of thiophene rings is 1. The van der Waals surface area contributed by atoms with Crippen LogP contribution < -0.4 is 4.72 Å². The molecule has 0 bridgehead atoms. The highest BCUT2D eigenvalue weighted by Gasteiger charge is 2.31. The van der Waals surface area contributed by atoms with Crippen LogP contribution in [-0.2, 0) is 10.0 Å². The summed E-state index contributed by atoms with van der Waals surface area (Å²) in [5.41, 5.74) is 1.80. The molecule has 29 heavy (non-hydrogen) atoms. The fourth-order valence-electron chi connectivity index (χ4n) is 3.18. The molecule has 2 aromatic carbocycles. The zero-order valence-corrected chi connectivity index (χ0v) is 16.8. The molecule has 0 amide bonds. The maximum Gasteiger partial charge on any atom is 0.335 e. The topological polar surface area (TPSA) is 107 Å². The molecule has 8 heteroatoms. The second-order valence-electron chi connectivity index (χ2n) is 6.79. The van der Waals surface area contributed by atoms with Gasteiger partial charge in [0.15, 0.2) is 0 Å². The number of carbonyl (C=O) groups is 1. The Kier molecular flexibility index (Phi) is 4.86. The number of benzene rings is 2. The normalized spacial score (nSPS) is 13.6. The van der Waals surface area contributed by atoms with Gasteiger partial charge in [-0.25, -0.2) is 13.2 Å². The molecule has 6 nitrogen and oxygen atoms in total. The first-order valence-corrected chi connectivity index (χ1v) is 11.2. The predicted molar refractivity (Wildman–Crippen MR) is 111 cm³/mol. The third kappa shape index (κ3) is 3.88. The van der Waals surface area contributed by atoms with E-state index >= 15 is 0 Å². The second-order valence-corrected chi connectivity index (χ2v) is 9.39. The molecular formula is C21H16N2O4S2. The van der Waals surface area contributed by atoms with Gasteiger partial charge < -0.3 is 5.11 Å². The van der Waals surface area contributed by atoms with E-state index in [-0.39, 0.29) is 22.1 Å². The van der Waals surface area contributed by atoms with Gasteiger partial charge in [0, 0.05) is 10.4 Å². The Hall–Kier alpha value is -3.15. The van der Waals surface area contributed by atoms with Crippen LogP contribution in [0, 0.1) is 11.3 Å². The van der Waals surface area contributed by atoms with Crippen molar-refractivity contribution in [2.75, 3.05) is 4.72 Å². The number of hydrogen-bond acceptors (Lipinski definition) is 5. The average Bonchev–Trinajstić information content (AvgIpc) is 3.41. The first kappa shape index (κ1) is 19.2. The molecule has 1 aliphatic carbocycles. The van der Waals surface area contributed by atoms with Crippen molar-refractivity contribution in [3.63, 3.8) is 0 Å². The van der Waals surface area contributed by atoms with E-state index in [0.29, 0.717) is 16.7 Å². The van der Waals surface area contributed by atoms with Crippen molar-refractivity contribution in [1.29, 1.82) is 5.26 Å². The van der Waals surface area contributed by atoms with Crippen molar-refractivity contribution in [3.05, 3.63) is 70.6 Å². The summed E-state index contributed by atoms with van der Waals surface area (Å²) in [4.78, 5) is 12.2. The molecule has 0 atom stereocenters. The molecule has 146 valence electrons. The van der Waals surface area contributed by atoms with Crippen LogP contribution in [0.3, 0.4) is 0 Å². The molecular weight excluding hydrogens is 408 g/mol. The van der Waals surface area contributed by atoms with Crippen LogP contribution in [0.2, 0.25) is 0 Å². The van der Waals surface area contributed by atoms with Crippen molar-refractivity contribution < 1.29 is 18.3 Å². The molecule has 0 radical (unpaired) electrons. The number of sulfonamides is 1. The largest absolute Gasteiger partial charge is 0.478 e. The van der Waals surface area contributed by atoms with E-state index in [2.05, 4.69) is 4.72 Å².